The molecule has 1 saturated heterocycles. The van der Waals surface area contributed by atoms with Gasteiger partial charge in [0.2, 0.25) is 0 Å². The summed E-state index contributed by atoms with van der Waals surface area (Å²) in [7, 11) is 0. The van der Waals surface area contributed by atoms with Crippen molar-refractivity contribution < 1.29 is 39.6 Å². The summed E-state index contributed by atoms with van der Waals surface area (Å²) in [5.41, 5.74) is 0. The first kappa shape index (κ1) is 23.8. The predicted octanol–water partition coefficient (Wildman–Crippen LogP) is 3.28. The van der Waals surface area contributed by atoms with Gasteiger partial charge in [0, 0.05) is 0 Å². The molecule has 1 rings (SSSR count). The minimum atomic E-state index is 0. The molecule has 0 N–H and O–H groups in total. The zero-order chi connectivity index (χ0) is 7.82. The van der Waals surface area contributed by atoms with Crippen LogP contribution in [0.2, 0.25) is 0 Å². The molecule has 0 saturated carbocycles. The van der Waals surface area contributed by atoms with E-state index in [1.54, 1.807) is 0 Å². The molecule has 1 fully saturated rings. The number of rotatable bonds is 0. The maximum absolute atomic E-state index is 4.19. The summed E-state index contributed by atoms with van der Waals surface area (Å²) in [4.78, 5) is 0. The smallest absolute Gasteiger partial charge is 0.662 e. The second-order valence-corrected chi connectivity index (χ2v) is 2.61. The molecule has 13 heavy (non-hydrogen) atoms. The van der Waals surface area contributed by atoms with Gasteiger partial charge >= 0.3 is 39.6 Å². The van der Waals surface area contributed by atoms with Crippen molar-refractivity contribution >= 4 is 0 Å². The van der Waals surface area contributed by atoms with E-state index in [1.165, 1.54) is 12.8 Å². The van der Waals surface area contributed by atoms with Gasteiger partial charge in [-0.1, -0.05) is 19.8 Å². The van der Waals surface area contributed by atoms with Crippen LogP contribution in [0.1, 0.15) is 26.2 Å². The molecule has 0 aromatic carbocycles. The van der Waals surface area contributed by atoms with Gasteiger partial charge in [0.05, 0.1) is 0 Å². The van der Waals surface area contributed by atoms with Crippen LogP contribution >= 0.6 is 0 Å². The van der Waals surface area contributed by atoms with E-state index in [-0.39, 0.29) is 47.0 Å². The van der Waals surface area contributed by atoms with Gasteiger partial charge in [-0.3, -0.25) is 0 Å². The van der Waals surface area contributed by atoms with Gasteiger partial charge in [-0.15, -0.1) is 0 Å². The molecule has 1 nitrogen and oxygen atoms in total. The van der Waals surface area contributed by atoms with Crippen LogP contribution in [0.15, 0.2) is 0 Å². The van der Waals surface area contributed by atoms with Crippen LogP contribution in [0.4, 0.5) is 0 Å². The summed E-state index contributed by atoms with van der Waals surface area (Å²) in [6.07, 6.45) is 3.42. The van der Waals surface area contributed by atoms with E-state index >= 15 is 0 Å². The van der Waals surface area contributed by atoms with Crippen molar-refractivity contribution in [1.29, 1.82) is 0 Å². The van der Waals surface area contributed by atoms with Crippen LogP contribution in [0.25, 0.3) is 5.32 Å². The van der Waals surface area contributed by atoms with Crippen LogP contribution in [0.3, 0.4) is 0 Å². The molecule has 1 aliphatic rings. The van der Waals surface area contributed by atoms with Crippen molar-refractivity contribution in [2.45, 2.75) is 26.2 Å². The maximum Gasteiger partial charge on any atom is 2.00 e. The molecule has 77 valence electrons. The van der Waals surface area contributed by atoms with Crippen LogP contribution < -0.4 is 0 Å². The van der Waals surface area contributed by atoms with E-state index in [0.717, 1.165) is 19.5 Å². The summed E-state index contributed by atoms with van der Waals surface area (Å²) in [5.74, 6) is 0.692. The van der Waals surface area contributed by atoms with Crippen molar-refractivity contribution in [2.75, 3.05) is 13.1 Å². The number of nitrogens with zero attached hydrogens (tertiary/aromatic N) is 1. The largest absolute Gasteiger partial charge is 2.00 e. The minimum absolute atomic E-state index is 0. The maximum atomic E-state index is 4.19. The van der Waals surface area contributed by atoms with Gasteiger partial charge in [0.25, 0.3) is 0 Å². The van der Waals surface area contributed by atoms with Gasteiger partial charge in [-0.05, 0) is 0 Å². The second kappa shape index (κ2) is 18.9. The molecule has 3 heteroatoms. The Hall–Kier alpha value is 1.23. The molecule has 0 spiro atoms. The van der Waals surface area contributed by atoms with Gasteiger partial charge in [0.1, 0.15) is 0 Å². The molecule has 0 unspecified atom stereocenters. The van der Waals surface area contributed by atoms with Gasteiger partial charge in [0.15, 0.2) is 0 Å². The van der Waals surface area contributed by atoms with Gasteiger partial charge < -0.3 is 26.6 Å². The molecule has 0 amide bonds. The Morgan fingerprint density at radius 1 is 1.31 bits per heavy atom. The van der Waals surface area contributed by atoms with Crippen molar-refractivity contribution in [3.63, 3.8) is 0 Å². The molecule has 0 aromatic heterocycles. The monoisotopic (exact) mass is 390 g/mol. The van der Waals surface area contributed by atoms with E-state index in [4.69, 9.17) is 0 Å². The fourth-order valence-electron chi connectivity index (χ4n) is 0.804. The number of hydrogen-bond donors (Lipinski definition) is 0. The first-order chi connectivity index (χ1) is 4.81. The molecular formula is C10H21NVW. The zero-order valence-electron chi connectivity index (χ0n) is 8.83. The van der Waals surface area contributed by atoms with Crippen molar-refractivity contribution in [2.24, 2.45) is 5.92 Å². The van der Waals surface area contributed by atoms with Gasteiger partial charge in [-0.2, -0.15) is 25.4 Å². The first-order valence-corrected chi connectivity index (χ1v) is 4.06. The van der Waals surface area contributed by atoms with Crippen LogP contribution in [-0.2, 0) is 39.6 Å². The van der Waals surface area contributed by atoms with Gasteiger partial charge in [-0.25, -0.2) is 0 Å². The molecular weight excluding hydrogens is 369 g/mol. The topological polar surface area (TPSA) is 14.1 Å². The first-order valence-electron chi connectivity index (χ1n) is 4.06. The normalized spacial score (nSPS) is 15.0. The Kier molecular flexibility index (Phi) is 34.6. The summed E-state index contributed by atoms with van der Waals surface area (Å²) >= 11 is 0. The fraction of sp³-hybridized carbons (Fsp3) is 0.700. The third kappa shape index (κ3) is 19.6. The summed E-state index contributed by atoms with van der Waals surface area (Å²) in [6.45, 7) is 11.5. The third-order valence-electron chi connectivity index (χ3n) is 1.39. The molecule has 1 aliphatic heterocycles. The fourth-order valence-corrected chi connectivity index (χ4v) is 0.804. The van der Waals surface area contributed by atoms with E-state index in [1.807, 2.05) is 6.92 Å². The molecule has 1 heterocycles. The average molecular weight is 390 g/mol. The van der Waals surface area contributed by atoms with Crippen LogP contribution in [-0.4, -0.2) is 13.1 Å². The SMILES string of the molecule is [CH2-]C1CC[N-]CC1.[CH2-]CC.[CH3-].[V+2].[W+2]. The van der Waals surface area contributed by atoms with Crippen molar-refractivity contribution in [3.05, 3.63) is 26.6 Å². The molecule has 0 aromatic rings. The Morgan fingerprint density at radius 3 is 1.77 bits per heavy atom. The summed E-state index contributed by atoms with van der Waals surface area (Å²) in [6, 6.07) is 0. The van der Waals surface area contributed by atoms with Crippen LogP contribution in [0.5, 0.6) is 0 Å². The molecule has 0 aliphatic carbocycles. The zero-order valence-corrected chi connectivity index (χ0v) is 13.2. The Morgan fingerprint density at radius 2 is 1.62 bits per heavy atom. The van der Waals surface area contributed by atoms with Crippen molar-refractivity contribution in [3.8, 4) is 0 Å². The summed E-state index contributed by atoms with van der Waals surface area (Å²) < 4.78 is 0. The number of hydrogen-bond acceptors (Lipinski definition) is 0. The Bertz CT molecular complexity index is 65.9. The van der Waals surface area contributed by atoms with Crippen molar-refractivity contribution in [1.82, 2.24) is 0 Å². The molecule has 0 atom stereocenters. The second-order valence-electron chi connectivity index (χ2n) is 2.61. The summed E-state index contributed by atoms with van der Waals surface area (Å²) in [5, 5.41) is 4.19. The Labute approximate surface area is 111 Å². The average Bonchev–Trinajstić information content (AvgIpc) is 1.91. The minimum Gasteiger partial charge on any atom is -0.662 e. The van der Waals surface area contributed by atoms with E-state index < -0.39 is 0 Å². The third-order valence-corrected chi connectivity index (χ3v) is 1.39. The Balaban J connectivity index is -0.0000000615. The molecule has 1 radical (unpaired) electrons. The van der Waals surface area contributed by atoms with E-state index in [0.29, 0.717) is 5.92 Å². The number of piperidine rings is 1. The van der Waals surface area contributed by atoms with E-state index in [2.05, 4.69) is 19.2 Å². The van der Waals surface area contributed by atoms with E-state index in [9.17, 15) is 0 Å². The van der Waals surface area contributed by atoms with Crippen LogP contribution in [0, 0.1) is 27.2 Å². The standard InChI is InChI=1S/C6H11N.C3H7.CH3.V.W/c1-6-2-4-7-5-3-6;1-3-2;;;/h6H,1-5H2;1,3H2,2H3;1H3;;/q-2;2*-1;2*+2. The quantitative estimate of drug-likeness (QED) is 0.564. The molecule has 0 bridgehead atoms. The predicted molar refractivity (Wildman–Crippen MR) is 53.2 cm³/mol.